The highest BCUT2D eigenvalue weighted by molar-refractivity contribution is 7.99. The molecule has 0 bridgehead atoms. The highest BCUT2D eigenvalue weighted by atomic mass is 35.5. The average Bonchev–Trinajstić information content (AvgIpc) is 3.12. The summed E-state index contributed by atoms with van der Waals surface area (Å²) in [6, 6.07) is 13.5. The molecule has 0 amide bonds. The van der Waals surface area contributed by atoms with E-state index in [9.17, 15) is 0 Å². The van der Waals surface area contributed by atoms with E-state index in [0.29, 0.717) is 10.0 Å². The number of aromatic nitrogens is 2. The highest BCUT2D eigenvalue weighted by Gasteiger charge is 2.16. The van der Waals surface area contributed by atoms with E-state index in [4.69, 9.17) is 34.8 Å². The van der Waals surface area contributed by atoms with E-state index < -0.39 is 0 Å². The molecule has 0 N–H and O–H groups in total. The normalized spacial score (nSPS) is 12.6. The third kappa shape index (κ3) is 5.55. The smallest absolute Gasteiger partial charge is 0.0946 e. The first-order valence-corrected chi connectivity index (χ1v) is 10.2. The molecule has 0 radical (unpaired) electrons. The van der Waals surface area contributed by atoms with Crippen molar-refractivity contribution in [2.24, 2.45) is 0 Å². The van der Waals surface area contributed by atoms with Gasteiger partial charge in [0.15, 0.2) is 0 Å². The maximum absolute atomic E-state index is 6.43. The van der Waals surface area contributed by atoms with Crippen molar-refractivity contribution >= 4 is 52.6 Å². The maximum atomic E-state index is 6.43. The van der Waals surface area contributed by atoms with E-state index in [-0.39, 0.29) is 5.25 Å². The fourth-order valence-electron chi connectivity index (χ4n) is 2.52. The monoisotopic (exact) mass is 422 g/mol. The molecule has 2 aromatic carbocycles. The topological polar surface area (TPSA) is 17.8 Å². The van der Waals surface area contributed by atoms with E-state index in [1.54, 1.807) is 12.3 Å². The van der Waals surface area contributed by atoms with Crippen LogP contribution in [0.3, 0.4) is 0 Å². The van der Waals surface area contributed by atoms with Gasteiger partial charge in [0.25, 0.3) is 0 Å². The summed E-state index contributed by atoms with van der Waals surface area (Å²) in [5.41, 5.74) is 2.21. The number of halogens is 3. The molecule has 3 rings (SSSR count). The zero-order chi connectivity index (χ0) is 18.4. The minimum absolute atomic E-state index is 0.198. The van der Waals surface area contributed by atoms with Crippen LogP contribution in [0.15, 0.2) is 67.3 Å². The van der Waals surface area contributed by atoms with Crippen molar-refractivity contribution in [3.63, 3.8) is 0 Å². The summed E-state index contributed by atoms with van der Waals surface area (Å²) in [7, 11) is 0. The van der Waals surface area contributed by atoms with Gasteiger partial charge in [0, 0.05) is 45.0 Å². The van der Waals surface area contributed by atoms with Crippen LogP contribution in [0.25, 0.3) is 6.08 Å². The van der Waals surface area contributed by atoms with E-state index in [1.165, 1.54) is 0 Å². The second-order valence-corrected chi connectivity index (χ2v) is 8.22. The zero-order valence-electron chi connectivity index (χ0n) is 13.9. The maximum Gasteiger partial charge on any atom is 0.0946 e. The van der Waals surface area contributed by atoms with Crippen LogP contribution in [0.1, 0.15) is 16.4 Å². The largest absolute Gasteiger partial charge is 0.336 e. The Labute approximate surface area is 172 Å². The van der Waals surface area contributed by atoms with Crippen LogP contribution < -0.4 is 0 Å². The first-order valence-electron chi connectivity index (χ1n) is 8.06. The number of thioether (sulfide) groups is 1. The molecule has 1 heterocycles. The Morgan fingerprint density at radius 2 is 1.81 bits per heavy atom. The number of hydrogen-bond acceptors (Lipinski definition) is 2. The Morgan fingerprint density at radius 1 is 1.04 bits per heavy atom. The predicted molar refractivity (Wildman–Crippen MR) is 114 cm³/mol. The molecule has 134 valence electrons. The van der Waals surface area contributed by atoms with E-state index in [0.717, 1.165) is 28.4 Å². The first-order chi connectivity index (χ1) is 12.6. The van der Waals surface area contributed by atoms with Gasteiger partial charge in [-0.1, -0.05) is 65.2 Å². The minimum Gasteiger partial charge on any atom is -0.336 e. The summed E-state index contributed by atoms with van der Waals surface area (Å²) in [5.74, 6) is 0.862. The van der Waals surface area contributed by atoms with Crippen LogP contribution in [0, 0.1) is 0 Å². The summed E-state index contributed by atoms with van der Waals surface area (Å²) in [4.78, 5) is 4.12. The van der Waals surface area contributed by atoms with Crippen LogP contribution in [0.2, 0.25) is 15.1 Å². The summed E-state index contributed by atoms with van der Waals surface area (Å²) in [5, 5.41) is 2.28. The van der Waals surface area contributed by atoms with Crippen LogP contribution in [0.5, 0.6) is 0 Å². The van der Waals surface area contributed by atoms with Crippen molar-refractivity contribution in [3.05, 3.63) is 93.5 Å². The fraction of sp³-hybridized carbons (Fsp3) is 0.150. The molecule has 1 aromatic heterocycles. The van der Waals surface area contributed by atoms with Crippen LogP contribution in [-0.4, -0.2) is 15.3 Å². The molecule has 2 nitrogen and oxygen atoms in total. The Bertz CT molecular complexity index is 861. The number of rotatable bonds is 7. The number of imidazole rings is 1. The third-order valence-electron chi connectivity index (χ3n) is 3.82. The van der Waals surface area contributed by atoms with Gasteiger partial charge in [-0.2, -0.15) is 0 Å². The van der Waals surface area contributed by atoms with Gasteiger partial charge in [0.1, 0.15) is 0 Å². The second-order valence-electron chi connectivity index (χ2n) is 5.70. The van der Waals surface area contributed by atoms with E-state index >= 15 is 0 Å². The lowest BCUT2D eigenvalue weighted by molar-refractivity contribution is 0.684. The molecule has 0 fully saturated rings. The molecule has 0 aliphatic heterocycles. The number of nitrogens with zero attached hydrogens (tertiary/aromatic N) is 2. The Balaban J connectivity index is 1.70. The van der Waals surface area contributed by atoms with Gasteiger partial charge in [0.2, 0.25) is 0 Å². The lowest BCUT2D eigenvalue weighted by Gasteiger charge is -2.18. The van der Waals surface area contributed by atoms with Gasteiger partial charge >= 0.3 is 0 Å². The van der Waals surface area contributed by atoms with Crippen molar-refractivity contribution in [3.8, 4) is 0 Å². The molecule has 0 spiro atoms. The molecule has 26 heavy (non-hydrogen) atoms. The summed E-state index contributed by atoms with van der Waals surface area (Å²) < 4.78 is 2.06. The molecule has 0 aliphatic rings. The van der Waals surface area contributed by atoms with Crippen LogP contribution in [0.4, 0.5) is 0 Å². The molecular formula is C20H17Cl3N2S. The summed E-state index contributed by atoms with van der Waals surface area (Å²) in [6.07, 6.45) is 9.81. The van der Waals surface area contributed by atoms with Crippen molar-refractivity contribution < 1.29 is 0 Å². The molecule has 6 heteroatoms. The van der Waals surface area contributed by atoms with Crippen LogP contribution >= 0.6 is 46.6 Å². The quantitative estimate of drug-likeness (QED) is 0.406. The van der Waals surface area contributed by atoms with Gasteiger partial charge in [-0.15, -0.1) is 11.8 Å². The molecule has 0 aliphatic carbocycles. The molecule has 0 saturated heterocycles. The predicted octanol–water partition coefficient (Wildman–Crippen LogP) is 7.03. The van der Waals surface area contributed by atoms with E-state index in [1.807, 2.05) is 60.7 Å². The van der Waals surface area contributed by atoms with Gasteiger partial charge in [-0.25, -0.2) is 4.98 Å². The highest BCUT2D eigenvalue weighted by Crippen LogP contribution is 2.36. The number of hydrogen-bond donors (Lipinski definition) is 0. The second kappa shape index (κ2) is 9.52. The van der Waals surface area contributed by atoms with Gasteiger partial charge in [0.05, 0.1) is 6.33 Å². The molecule has 0 saturated carbocycles. The third-order valence-corrected chi connectivity index (χ3v) is 5.82. The summed E-state index contributed by atoms with van der Waals surface area (Å²) >= 11 is 20.2. The molecular weight excluding hydrogens is 407 g/mol. The van der Waals surface area contributed by atoms with Gasteiger partial charge < -0.3 is 4.57 Å². The molecule has 1 atom stereocenters. The first kappa shape index (κ1) is 19.4. The molecule has 3 aromatic rings. The lowest BCUT2D eigenvalue weighted by Crippen LogP contribution is -2.06. The van der Waals surface area contributed by atoms with Crippen molar-refractivity contribution in [1.82, 2.24) is 9.55 Å². The van der Waals surface area contributed by atoms with Gasteiger partial charge in [-0.3, -0.25) is 0 Å². The number of benzene rings is 2. The van der Waals surface area contributed by atoms with E-state index in [2.05, 4.69) is 21.7 Å². The fourth-order valence-corrected chi connectivity index (χ4v) is 4.35. The molecule has 1 unspecified atom stereocenters. The summed E-state index contributed by atoms with van der Waals surface area (Å²) in [6.45, 7) is 0.792. The minimum atomic E-state index is 0.198. The average molecular weight is 424 g/mol. The standard InChI is InChI=1S/C20H17Cl3N2S/c21-16-5-3-15(4-6-16)2-1-11-26-20(13-25-10-9-24-14-25)18-8-7-17(22)12-19(18)23/h1-10,12,14,20H,11,13H2. The lowest BCUT2D eigenvalue weighted by atomic mass is 10.1. The Morgan fingerprint density at radius 3 is 2.50 bits per heavy atom. The SMILES string of the molecule is Clc1ccc(C=CCSC(Cn2ccnc2)c2ccc(Cl)cc2Cl)cc1. The van der Waals surface area contributed by atoms with Crippen molar-refractivity contribution in [2.75, 3.05) is 5.75 Å². The van der Waals surface area contributed by atoms with Gasteiger partial charge in [-0.05, 0) is 35.4 Å². The Hall–Kier alpha value is -1.39. The van der Waals surface area contributed by atoms with Crippen LogP contribution in [-0.2, 0) is 6.54 Å². The van der Waals surface area contributed by atoms with Crippen molar-refractivity contribution in [1.29, 1.82) is 0 Å². The zero-order valence-corrected chi connectivity index (χ0v) is 16.9. The van der Waals surface area contributed by atoms with Crippen molar-refractivity contribution in [2.45, 2.75) is 11.8 Å². The Kier molecular flexibility index (Phi) is 7.09.